The zero-order valence-corrected chi connectivity index (χ0v) is 20.1. The number of unbranched alkanes of at least 4 members (excludes halogenated alkanes) is 4. The number of nitrogens with zero attached hydrogens (tertiary/aromatic N) is 2. The quantitative estimate of drug-likeness (QED) is 0.200. The van der Waals surface area contributed by atoms with Gasteiger partial charge in [0.05, 0.1) is 5.52 Å². The van der Waals surface area contributed by atoms with Gasteiger partial charge in [0.2, 0.25) is 0 Å². The number of hydrogen-bond donors (Lipinski definition) is 1. The van der Waals surface area contributed by atoms with Crippen LogP contribution in [0.15, 0.2) is 79.1 Å². The molecular weight excluding hydrogens is 414 g/mol. The Bertz CT molecular complexity index is 1230. The highest BCUT2D eigenvalue weighted by molar-refractivity contribution is 5.88. The third-order valence-electron chi connectivity index (χ3n) is 6.06. The van der Waals surface area contributed by atoms with Gasteiger partial charge in [-0.1, -0.05) is 93.0 Å². The molecule has 0 unspecified atom stereocenters. The van der Waals surface area contributed by atoms with E-state index in [2.05, 4.69) is 82.6 Å². The molecule has 4 aromatic rings. The molecule has 0 saturated heterocycles. The fourth-order valence-corrected chi connectivity index (χ4v) is 4.10. The van der Waals surface area contributed by atoms with Crippen molar-refractivity contribution < 1.29 is 0 Å². The average Bonchev–Trinajstić information content (AvgIpc) is 2.89. The Morgan fingerprint density at radius 1 is 0.765 bits per heavy atom. The molecule has 0 saturated carbocycles. The second-order valence-corrected chi connectivity index (χ2v) is 8.66. The number of para-hydroxylation sites is 1. The van der Waals surface area contributed by atoms with Crippen LogP contribution in [0, 0.1) is 11.8 Å². The molecule has 1 aromatic heterocycles. The second-order valence-electron chi connectivity index (χ2n) is 8.66. The molecule has 0 radical (unpaired) electrons. The molecule has 0 fully saturated rings. The van der Waals surface area contributed by atoms with Gasteiger partial charge in [-0.25, -0.2) is 9.97 Å². The van der Waals surface area contributed by atoms with E-state index in [-0.39, 0.29) is 0 Å². The Kier molecular flexibility index (Phi) is 8.69. The number of fused-ring (bicyclic) bond motifs is 1. The first-order valence-corrected chi connectivity index (χ1v) is 12.5. The molecule has 0 atom stereocenters. The lowest BCUT2D eigenvalue weighted by molar-refractivity contribution is 0.632. The van der Waals surface area contributed by atoms with Crippen LogP contribution >= 0.6 is 0 Å². The van der Waals surface area contributed by atoms with E-state index in [1.807, 2.05) is 24.3 Å². The van der Waals surface area contributed by atoms with E-state index in [9.17, 15) is 0 Å². The predicted octanol–water partition coefficient (Wildman–Crippen LogP) is 7.66. The highest BCUT2D eigenvalue weighted by atomic mass is 15.0. The van der Waals surface area contributed by atoms with Crippen molar-refractivity contribution in [3.63, 3.8) is 0 Å². The van der Waals surface area contributed by atoms with E-state index < -0.39 is 0 Å². The lowest BCUT2D eigenvalue weighted by Gasteiger charge is -2.06. The summed E-state index contributed by atoms with van der Waals surface area (Å²) < 4.78 is 0. The van der Waals surface area contributed by atoms with Crippen LogP contribution in [-0.4, -0.2) is 16.5 Å². The second kappa shape index (κ2) is 12.6. The SMILES string of the molecule is CCCCCCCc1ccc(-c2ccc(C#CCCNc3ncnc4ccccc34)cc2)cc1. The van der Waals surface area contributed by atoms with Gasteiger partial charge in [-0.05, 0) is 53.8 Å². The Labute approximate surface area is 203 Å². The van der Waals surface area contributed by atoms with Crippen molar-refractivity contribution in [1.82, 2.24) is 9.97 Å². The summed E-state index contributed by atoms with van der Waals surface area (Å²) in [7, 11) is 0. The number of hydrogen-bond acceptors (Lipinski definition) is 3. The summed E-state index contributed by atoms with van der Waals surface area (Å²) in [6.07, 6.45) is 10.2. The molecule has 0 aliphatic carbocycles. The van der Waals surface area contributed by atoms with Gasteiger partial charge < -0.3 is 5.32 Å². The molecule has 3 nitrogen and oxygen atoms in total. The molecule has 1 N–H and O–H groups in total. The smallest absolute Gasteiger partial charge is 0.137 e. The molecule has 34 heavy (non-hydrogen) atoms. The van der Waals surface area contributed by atoms with Crippen LogP contribution in [0.25, 0.3) is 22.0 Å². The Hall–Kier alpha value is -3.64. The maximum atomic E-state index is 4.36. The summed E-state index contributed by atoms with van der Waals surface area (Å²) in [4.78, 5) is 8.66. The van der Waals surface area contributed by atoms with Crippen LogP contribution in [-0.2, 0) is 6.42 Å². The van der Waals surface area contributed by atoms with Crippen molar-refractivity contribution in [1.29, 1.82) is 0 Å². The van der Waals surface area contributed by atoms with Gasteiger partial charge in [-0.2, -0.15) is 0 Å². The lowest BCUT2D eigenvalue weighted by atomic mass is 10.00. The van der Waals surface area contributed by atoms with Gasteiger partial charge in [0.15, 0.2) is 0 Å². The number of aromatic nitrogens is 2. The van der Waals surface area contributed by atoms with Gasteiger partial charge in [0.25, 0.3) is 0 Å². The highest BCUT2D eigenvalue weighted by Gasteiger charge is 2.01. The fraction of sp³-hybridized carbons (Fsp3) is 0.290. The molecule has 0 aliphatic heterocycles. The van der Waals surface area contributed by atoms with Gasteiger partial charge >= 0.3 is 0 Å². The minimum atomic E-state index is 0.747. The predicted molar refractivity (Wildman–Crippen MR) is 144 cm³/mol. The zero-order chi connectivity index (χ0) is 23.4. The first-order valence-electron chi connectivity index (χ1n) is 12.5. The number of aryl methyl sites for hydroxylation is 1. The van der Waals surface area contributed by atoms with Crippen molar-refractivity contribution in [3.05, 3.63) is 90.3 Å². The molecule has 3 aromatic carbocycles. The van der Waals surface area contributed by atoms with Crippen molar-refractivity contribution in [2.24, 2.45) is 0 Å². The van der Waals surface area contributed by atoms with E-state index in [1.165, 1.54) is 55.2 Å². The summed E-state index contributed by atoms with van der Waals surface area (Å²) in [5.74, 6) is 7.39. The van der Waals surface area contributed by atoms with Crippen molar-refractivity contribution in [2.75, 3.05) is 11.9 Å². The molecule has 0 aliphatic rings. The minimum absolute atomic E-state index is 0.747. The lowest BCUT2D eigenvalue weighted by Crippen LogP contribution is -2.03. The number of rotatable bonds is 10. The topological polar surface area (TPSA) is 37.8 Å². The van der Waals surface area contributed by atoms with Gasteiger partial charge in [-0.15, -0.1) is 0 Å². The van der Waals surface area contributed by atoms with Crippen LogP contribution in [0.5, 0.6) is 0 Å². The minimum Gasteiger partial charge on any atom is -0.368 e. The van der Waals surface area contributed by atoms with Crippen LogP contribution in [0.3, 0.4) is 0 Å². The fourth-order valence-electron chi connectivity index (χ4n) is 4.10. The molecule has 0 bridgehead atoms. The molecule has 1 heterocycles. The Balaban J connectivity index is 1.25. The van der Waals surface area contributed by atoms with E-state index in [0.717, 1.165) is 35.2 Å². The summed E-state index contributed by atoms with van der Waals surface area (Å²) >= 11 is 0. The monoisotopic (exact) mass is 447 g/mol. The zero-order valence-electron chi connectivity index (χ0n) is 20.1. The summed E-state index contributed by atoms with van der Waals surface area (Å²) in [5, 5.41) is 4.41. The first kappa shape index (κ1) is 23.5. The third-order valence-corrected chi connectivity index (χ3v) is 6.06. The largest absolute Gasteiger partial charge is 0.368 e. The third kappa shape index (κ3) is 6.68. The van der Waals surface area contributed by atoms with E-state index in [1.54, 1.807) is 6.33 Å². The maximum absolute atomic E-state index is 4.36. The molecule has 3 heteroatoms. The average molecular weight is 448 g/mol. The summed E-state index contributed by atoms with van der Waals surface area (Å²) in [6.45, 7) is 3.01. The van der Waals surface area contributed by atoms with E-state index in [0.29, 0.717) is 0 Å². The first-order chi connectivity index (χ1) is 16.8. The molecular formula is C31H33N3. The maximum Gasteiger partial charge on any atom is 0.137 e. The normalized spacial score (nSPS) is 10.6. The molecule has 172 valence electrons. The Morgan fingerprint density at radius 2 is 1.50 bits per heavy atom. The van der Waals surface area contributed by atoms with Gasteiger partial charge in [0, 0.05) is 23.9 Å². The van der Waals surface area contributed by atoms with Gasteiger partial charge in [-0.3, -0.25) is 0 Å². The summed E-state index contributed by atoms with van der Waals surface area (Å²) in [5.41, 5.74) is 5.92. The molecule has 4 rings (SSSR count). The highest BCUT2D eigenvalue weighted by Crippen LogP contribution is 2.21. The number of anilines is 1. The van der Waals surface area contributed by atoms with Crippen LogP contribution in [0.2, 0.25) is 0 Å². The molecule has 0 amide bonds. The number of benzene rings is 3. The standard InChI is InChI=1S/C31H33N3/c1-2-3-4-5-6-11-25-15-19-27(20-16-25)28-21-17-26(18-22-28)12-9-10-23-32-31-29-13-7-8-14-30(29)33-24-34-31/h7-8,13-22,24H,2-6,10-11,23H2,1H3,(H,32,33,34). The van der Waals surface area contributed by atoms with Crippen molar-refractivity contribution in [3.8, 4) is 23.0 Å². The van der Waals surface area contributed by atoms with Crippen molar-refractivity contribution >= 4 is 16.7 Å². The van der Waals surface area contributed by atoms with Gasteiger partial charge in [0.1, 0.15) is 12.1 Å². The van der Waals surface area contributed by atoms with E-state index >= 15 is 0 Å². The van der Waals surface area contributed by atoms with Crippen LogP contribution in [0.4, 0.5) is 5.82 Å². The van der Waals surface area contributed by atoms with Crippen molar-refractivity contribution in [2.45, 2.75) is 51.9 Å². The number of nitrogens with one attached hydrogen (secondary N) is 1. The Morgan fingerprint density at radius 3 is 2.29 bits per heavy atom. The molecule has 0 spiro atoms. The van der Waals surface area contributed by atoms with Crippen LogP contribution in [0.1, 0.15) is 56.6 Å². The van der Waals surface area contributed by atoms with E-state index in [4.69, 9.17) is 0 Å². The summed E-state index contributed by atoms with van der Waals surface area (Å²) in [6, 6.07) is 25.6. The van der Waals surface area contributed by atoms with Crippen LogP contribution < -0.4 is 5.32 Å².